The van der Waals surface area contributed by atoms with Crippen molar-refractivity contribution >= 4 is 11.4 Å². The van der Waals surface area contributed by atoms with Crippen LogP contribution in [-0.2, 0) is 6.42 Å². The van der Waals surface area contributed by atoms with E-state index in [-0.39, 0.29) is 0 Å². The third-order valence-corrected chi connectivity index (χ3v) is 3.16. The summed E-state index contributed by atoms with van der Waals surface area (Å²) >= 11 is 0. The third kappa shape index (κ3) is 2.09. The van der Waals surface area contributed by atoms with Crippen LogP contribution in [0, 0.1) is 0 Å². The van der Waals surface area contributed by atoms with Gasteiger partial charge < -0.3 is 10.6 Å². The first-order valence-electron chi connectivity index (χ1n) is 5.95. The summed E-state index contributed by atoms with van der Waals surface area (Å²) in [6.45, 7) is 4.60. The van der Waals surface area contributed by atoms with Gasteiger partial charge in [0.05, 0.1) is 0 Å². The fraction of sp³-hybridized carbons (Fsp3) is 0.538. The number of hydrogen-bond donors (Lipinski definition) is 1. The smallest absolute Gasteiger partial charge is 0.0419 e. The maximum Gasteiger partial charge on any atom is 0.0419 e. The summed E-state index contributed by atoms with van der Waals surface area (Å²) in [5.74, 6) is 0. The van der Waals surface area contributed by atoms with Gasteiger partial charge in [0.1, 0.15) is 0 Å². The molecule has 0 aliphatic carbocycles. The average Bonchev–Trinajstić information content (AvgIpc) is 2.27. The van der Waals surface area contributed by atoms with E-state index in [1.807, 2.05) is 6.07 Å². The topological polar surface area (TPSA) is 29.3 Å². The van der Waals surface area contributed by atoms with Gasteiger partial charge in [0, 0.05) is 24.5 Å². The molecule has 82 valence electrons. The van der Waals surface area contributed by atoms with Crippen LogP contribution in [-0.4, -0.2) is 13.1 Å². The molecule has 2 rings (SSSR count). The maximum atomic E-state index is 6.01. The number of anilines is 2. The van der Waals surface area contributed by atoms with Gasteiger partial charge in [-0.25, -0.2) is 0 Å². The average molecular weight is 204 g/mol. The largest absolute Gasteiger partial charge is 0.398 e. The van der Waals surface area contributed by atoms with E-state index in [1.54, 1.807) is 0 Å². The Balaban J connectivity index is 2.22. The van der Waals surface area contributed by atoms with Crippen molar-refractivity contribution in [2.75, 3.05) is 23.7 Å². The second kappa shape index (κ2) is 4.56. The van der Waals surface area contributed by atoms with Crippen molar-refractivity contribution in [2.24, 2.45) is 0 Å². The van der Waals surface area contributed by atoms with Gasteiger partial charge in [0.15, 0.2) is 0 Å². The fourth-order valence-electron chi connectivity index (χ4n) is 2.31. The lowest BCUT2D eigenvalue weighted by molar-refractivity contribution is 0.659. The van der Waals surface area contributed by atoms with E-state index in [1.165, 1.54) is 43.6 Å². The SMILES string of the molecule is CCCCN1CCCc2c(N)cccc21. The monoisotopic (exact) mass is 204 g/mol. The Morgan fingerprint density at radius 2 is 2.27 bits per heavy atom. The predicted molar refractivity (Wildman–Crippen MR) is 66.3 cm³/mol. The summed E-state index contributed by atoms with van der Waals surface area (Å²) < 4.78 is 0. The molecule has 0 spiro atoms. The van der Waals surface area contributed by atoms with Crippen molar-refractivity contribution in [1.82, 2.24) is 0 Å². The molecule has 1 aromatic carbocycles. The molecular formula is C13H20N2. The number of hydrogen-bond acceptors (Lipinski definition) is 2. The molecule has 0 amide bonds. The Morgan fingerprint density at radius 3 is 3.07 bits per heavy atom. The van der Waals surface area contributed by atoms with Gasteiger partial charge in [-0.1, -0.05) is 19.4 Å². The van der Waals surface area contributed by atoms with Crippen molar-refractivity contribution in [1.29, 1.82) is 0 Å². The van der Waals surface area contributed by atoms with Crippen LogP contribution in [0.5, 0.6) is 0 Å². The molecule has 0 bridgehead atoms. The second-order valence-electron chi connectivity index (χ2n) is 4.29. The fourth-order valence-corrected chi connectivity index (χ4v) is 2.31. The zero-order valence-corrected chi connectivity index (χ0v) is 9.50. The first-order valence-corrected chi connectivity index (χ1v) is 5.95. The van der Waals surface area contributed by atoms with Crippen LogP contribution in [0.3, 0.4) is 0 Å². The van der Waals surface area contributed by atoms with Gasteiger partial charge >= 0.3 is 0 Å². The lowest BCUT2D eigenvalue weighted by Gasteiger charge is -2.32. The second-order valence-corrected chi connectivity index (χ2v) is 4.29. The van der Waals surface area contributed by atoms with E-state index in [0.29, 0.717) is 0 Å². The van der Waals surface area contributed by atoms with Crippen molar-refractivity contribution in [3.05, 3.63) is 23.8 Å². The molecule has 0 atom stereocenters. The van der Waals surface area contributed by atoms with Gasteiger partial charge in [-0.15, -0.1) is 0 Å². The van der Waals surface area contributed by atoms with Crippen molar-refractivity contribution in [2.45, 2.75) is 32.6 Å². The Hall–Kier alpha value is -1.18. The third-order valence-electron chi connectivity index (χ3n) is 3.16. The predicted octanol–water partition coefficient (Wildman–Crippen LogP) is 2.82. The van der Waals surface area contributed by atoms with E-state index in [4.69, 9.17) is 5.73 Å². The highest BCUT2D eigenvalue weighted by molar-refractivity contribution is 5.66. The van der Waals surface area contributed by atoms with Gasteiger partial charge in [-0.05, 0) is 37.0 Å². The van der Waals surface area contributed by atoms with Crippen LogP contribution in [0.2, 0.25) is 0 Å². The van der Waals surface area contributed by atoms with E-state index in [9.17, 15) is 0 Å². The van der Waals surface area contributed by atoms with E-state index < -0.39 is 0 Å². The summed E-state index contributed by atoms with van der Waals surface area (Å²) in [4.78, 5) is 2.48. The number of rotatable bonds is 3. The molecule has 0 unspecified atom stereocenters. The molecule has 0 fully saturated rings. The highest BCUT2D eigenvalue weighted by Crippen LogP contribution is 2.31. The minimum absolute atomic E-state index is 0.966. The molecule has 1 heterocycles. The molecule has 2 N–H and O–H groups in total. The van der Waals surface area contributed by atoms with E-state index >= 15 is 0 Å². The standard InChI is InChI=1S/C13H20N2/c1-2-3-9-15-10-5-6-11-12(14)7-4-8-13(11)15/h4,7-8H,2-3,5-6,9-10,14H2,1H3. The highest BCUT2D eigenvalue weighted by atomic mass is 15.1. The molecule has 1 aliphatic rings. The quantitative estimate of drug-likeness (QED) is 0.767. The molecule has 2 heteroatoms. The first kappa shape index (κ1) is 10.3. The molecule has 15 heavy (non-hydrogen) atoms. The first-order chi connectivity index (χ1) is 7.33. The number of fused-ring (bicyclic) bond motifs is 1. The minimum Gasteiger partial charge on any atom is -0.398 e. The Morgan fingerprint density at radius 1 is 1.40 bits per heavy atom. The lowest BCUT2D eigenvalue weighted by atomic mass is 9.99. The van der Waals surface area contributed by atoms with Crippen molar-refractivity contribution in [3.63, 3.8) is 0 Å². The molecule has 0 saturated heterocycles. The zero-order valence-electron chi connectivity index (χ0n) is 9.50. The van der Waals surface area contributed by atoms with Gasteiger partial charge in [0.2, 0.25) is 0 Å². The zero-order chi connectivity index (χ0) is 10.7. The maximum absolute atomic E-state index is 6.01. The molecule has 0 aromatic heterocycles. The molecule has 2 nitrogen and oxygen atoms in total. The van der Waals surface area contributed by atoms with Crippen LogP contribution < -0.4 is 10.6 Å². The summed E-state index contributed by atoms with van der Waals surface area (Å²) in [6, 6.07) is 6.29. The Kier molecular flexibility index (Phi) is 3.14. The van der Waals surface area contributed by atoms with Gasteiger partial charge in [-0.3, -0.25) is 0 Å². The Bertz CT molecular complexity index is 333. The number of nitrogens with zero attached hydrogens (tertiary/aromatic N) is 1. The molecule has 1 aromatic rings. The molecular weight excluding hydrogens is 184 g/mol. The van der Waals surface area contributed by atoms with Gasteiger partial charge in [0.25, 0.3) is 0 Å². The highest BCUT2D eigenvalue weighted by Gasteiger charge is 2.17. The van der Waals surface area contributed by atoms with Crippen LogP contribution in [0.15, 0.2) is 18.2 Å². The van der Waals surface area contributed by atoms with Crippen LogP contribution in [0.4, 0.5) is 11.4 Å². The minimum atomic E-state index is 0.966. The van der Waals surface area contributed by atoms with Crippen molar-refractivity contribution < 1.29 is 0 Å². The normalized spacial score (nSPS) is 15.1. The van der Waals surface area contributed by atoms with E-state index in [0.717, 1.165) is 12.1 Å². The number of nitrogen functional groups attached to an aromatic ring is 1. The van der Waals surface area contributed by atoms with Crippen LogP contribution >= 0.6 is 0 Å². The summed E-state index contributed by atoms with van der Waals surface area (Å²) in [6.07, 6.45) is 4.91. The van der Waals surface area contributed by atoms with Crippen LogP contribution in [0.1, 0.15) is 31.7 Å². The number of unbranched alkanes of at least 4 members (excludes halogenated alkanes) is 1. The molecule has 0 radical (unpaired) electrons. The lowest BCUT2D eigenvalue weighted by Crippen LogP contribution is -2.30. The summed E-state index contributed by atoms with van der Waals surface area (Å²) in [5, 5.41) is 0. The van der Waals surface area contributed by atoms with Gasteiger partial charge in [-0.2, -0.15) is 0 Å². The summed E-state index contributed by atoms with van der Waals surface area (Å²) in [7, 11) is 0. The number of benzene rings is 1. The summed E-state index contributed by atoms with van der Waals surface area (Å²) in [5.41, 5.74) is 9.70. The molecule has 0 saturated carbocycles. The van der Waals surface area contributed by atoms with Crippen molar-refractivity contribution in [3.8, 4) is 0 Å². The van der Waals surface area contributed by atoms with Crippen LogP contribution in [0.25, 0.3) is 0 Å². The van der Waals surface area contributed by atoms with E-state index in [2.05, 4.69) is 24.0 Å². The Labute approximate surface area is 92.1 Å². The number of nitrogens with two attached hydrogens (primary N) is 1. The molecule has 1 aliphatic heterocycles.